The molecule has 0 aliphatic carbocycles. The normalized spacial score (nSPS) is 18.4. The second kappa shape index (κ2) is 9.56. The van der Waals surface area contributed by atoms with E-state index in [1.807, 2.05) is 25.1 Å². The number of ether oxygens (including phenoxy) is 1. The van der Waals surface area contributed by atoms with Gasteiger partial charge in [-0.1, -0.05) is 32.0 Å². The van der Waals surface area contributed by atoms with Crippen LogP contribution in [0.4, 0.5) is 5.69 Å². The van der Waals surface area contributed by atoms with Crippen LogP contribution >= 0.6 is 0 Å². The Hall–Kier alpha value is -1.88. The first-order chi connectivity index (χ1) is 12.1. The van der Waals surface area contributed by atoms with Gasteiger partial charge in [0.05, 0.1) is 5.92 Å². The number of rotatable bonds is 9. The van der Waals surface area contributed by atoms with Crippen LogP contribution in [0.15, 0.2) is 24.3 Å². The average Bonchev–Trinajstić information content (AvgIpc) is 3.02. The molecule has 1 aliphatic heterocycles. The van der Waals surface area contributed by atoms with Crippen LogP contribution in [0.3, 0.4) is 0 Å². The van der Waals surface area contributed by atoms with Gasteiger partial charge in [-0.05, 0) is 37.3 Å². The van der Waals surface area contributed by atoms with Gasteiger partial charge in [0.25, 0.3) is 0 Å². The van der Waals surface area contributed by atoms with Gasteiger partial charge in [-0.2, -0.15) is 0 Å². The molecule has 2 unspecified atom stereocenters. The Morgan fingerprint density at radius 2 is 2.12 bits per heavy atom. The van der Waals surface area contributed by atoms with Crippen molar-refractivity contribution in [2.45, 2.75) is 46.0 Å². The number of nitrogens with one attached hydrogen (secondary N) is 1. The maximum absolute atomic E-state index is 12.5. The zero-order valence-corrected chi connectivity index (χ0v) is 15.6. The average molecular weight is 346 g/mol. The molecule has 138 valence electrons. The third-order valence-electron chi connectivity index (χ3n) is 4.84. The number of benzene rings is 1. The van der Waals surface area contributed by atoms with E-state index in [0.29, 0.717) is 32.2 Å². The predicted molar refractivity (Wildman–Crippen MR) is 99.7 cm³/mol. The zero-order valence-electron chi connectivity index (χ0n) is 15.6. The van der Waals surface area contributed by atoms with Crippen molar-refractivity contribution >= 4 is 17.5 Å². The van der Waals surface area contributed by atoms with Gasteiger partial charge in [0.2, 0.25) is 11.8 Å². The van der Waals surface area contributed by atoms with Gasteiger partial charge in [0.1, 0.15) is 0 Å². The Kier molecular flexibility index (Phi) is 7.44. The summed E-state index contributed by atoms with van der Waals surface area (Å²) < 4.78 is 5.27. The van der Waals surface area contributed by atoms with E-state index < -0.39 is 0 Å². The van der Waals surface area contributed by atoms with E-state index >= 15 is 0 Å². The van der Waals surface area contributed by atoms with Crippen LogP contribution in [0.2, 0.25) is 0 Å². The highest BCUT2D eigenvalue weighted by Crippen LogP contribution is 2.33. The summed E-state index contributed by atoms with van der Waals surface area (Å²) in [5.41, 5.74) is 2.13. The minimum absolute atomic E-state index is 0.0326. The lowest BCUT2D eigenvalue weighted by atomic mass is 9.96. The topological polar surface area (TPSA) is 58.6 Å². The Morgan fingerprint density at radius 1 is 1.36 bits per heavy atom. The maximum atomic E-state index is 12.5. The smallest absolute Gasteiger partial charge is 0.227 e. The van der Waals surface area contributed by atoms with Gasteiger partial charge in [-0.25, -0.2) is 0 Å². The van der Waals surface area contributed by atoms with Crippen molar-refractivity contribution in [1.82, 2.24) is 5.32 Å². The molecule has 5 nitrogen and oxygen atoms in total. The van der Waals surface area contributed by atoms with E-state index in [0.717, 1.165) is 18.5 Å². The van der Waals surface area contributed by atoms with Crippen LogP contribution in [-0.2, 0) is 14.3 Å². The second-order valence-corrected chi connectivity index (χ2v) is 6.62. The molecule has 1 heterocycles. The molecule has 0 radical (unpaired) electrons. The van der Waals surface area contributed by atoms with Crippen molar-refractivity contribution < 1.29 is 14.3 Å². The van der Waals surface area contributed by atoms with Crippen molar-refractivity contribution in [2.75, 3.05) is 31.2 Å². The van der Waals surface area contributed by atoms with Crippen LogP contribution in [0, 0.1) is 5.92 Å². The molecule has 1 fully saturated rings. The predicted octanol–water partition coefficient (Wildman–Crippen LogP) is 3.10. The van der Waals surface area contributed by atoms with Gasteiger partial charge in [0, 0.05) is 38.4 Å². The Bertz CT molecular complexity index is 588. The summed E-state index contributed by atoms with van der Waals surface area (Å²) in [5, 5.41) is 2.93. The summed E-state index contributed by atoms with van der Waals surface area (Å²) in [6.45, 7) is 8.66. The largest absolute Gasteiger partial charge is 0.382 e. The molecule has 1 aromatic rings. The quantitative estimate of drug-likeness (QED) is 0.699. The molecule has 1 aromatic carbocycles. The highest BCUT2D eigenvalue weighted by Gasteiger charge is 2.36. The number of amides is 2. The molecule has 1 saturated heterocycles. The number of nitrogens with zero attached hydrogens (tertiary/aromatic N) is 1. The fourth-order valence-electron chi connectivity index (χ4n) is 3.16. The summed E-state index contributed by atoms with van der Waals surface area (Å²) in [6.07, 6.45) is 2.09. The number of hydrogen-bond donors (Lipinski definition) is 1. The van der Waals surface area contributed by atoms with Crippen LogP contribution in [0.1, 0.15) is 51.5 Å². The van der Waals surface area contributed by atoms with Gasteiger partial charge in [-0.3, -0.25) is 9.59 Å². The third-order valence-corrected chi connectivity index (χ3v) is 4.84. The third kappa shape index (κ3) is 5.05. The Balaban J connectivity index is 1.97. The molecule has 2 atom stereocenters. The molecular formula is C20H30N2O3. The number of para-hydroxylation sites is 1. The Labute approximate surface area is 150 Å². The maximum Gasteiger partial charge on any atom is 0.227 e. The van der Waals surface area contributed by atoms with E-state index in [2.05, 4.69) is 25.2 Å². The molecule has 25 heavy (non-hydrogen) atoms. The molecule has 0 bridgehead atoms. The SMILES string of the molecule is CCOCCCNC(=O)C1CC(=O)N(c2ccccc2C(C)CC)C1. The van der Waals surface area contributed by atoms with E-state index in [9.17, 15) is 9.59 Å². The summed E-state index contributed by atoms with van der Waals surface area (Å²) >= 11 is 0. The van der Waals surface area contributed by atoms with Crippen LogP contribution in [0.25, 0.3) is 0 Å². The first-order valence-corrected chi connectivity index (χ1v) is 9.33. The lowest BCUT2D eigenvalue weighted by molar-refractivity contribution is -0.126. The highest BCUT2D eigenvalue weighted by atomic mass is 16.5. The van der Waals surface area contributed by atoms with Crippen molar-refractivity contribution in [3.05, 3.63) is 29.8 Å². The van der Waals surface area contributed by atoms with E-state index in [1.165, 1.54) is 5.56 Å². The van der Waals surface area contributed by atoms with Gasteiger partial charge in [-0.15, -0.1) is 0 Å². The van der Waals surface area contributed by atoms with Crippen LogP contribution in [0.5, 0.6) is 0 Å². The fraction of sp³-hybridized carbons (Fsp3) is 0.600. The molecule has 0 saturated carbocycles. The van der Waals surface area contributed by atoms with E-state index in [1.54, 1.807) is 4.90 Å². The lowest BCUT2D eigenvalue weighted by Crippen LogP contribution is -2.34. The highest BCUT2D eigenvalue weighted by molar-refractivity contribution is 6.00. The number of hydrogen-bond acceptors (Lipinski definition) is 3. The van der Waals surface area contributed by atoms with Gasteiger partial charge >= 0.3 is 0 Å². The first kappa shape index (κ1) is 19.4. The van der Waals surface area contributed by atoms with Crippen LogP contribution < -0.4 is 10.2 Å². The van der Waals surface area contributed by atoms with Gasteiger partial charge < -0.3 is 15.0 Å². The molecule has 2 amide bonds. The van der Waals surface area contributed by atoms with E-state index in [-0.39, 0.29) is 24.2 Å². The van der Waals surface area contributed by atoms with Crippen LogP contribution in [-0.4, -0.2) is 38.1 Å². The number of anilines is 1. The second-order valence-electron chi connectivity index (χ2n) is 6.62. The van der Waals surface area contributed by atoms with Crippen molar-refractivity contribution in [2.24, 2.45) is 5.92 Å². The zero-order chi connectivity index (χ0) is 18.2. The number of carbonyl (C=O) groups is 2. The first-order valence-electron chi connectivity index (χ1n) is 9.33. The molecule has 1 aliphatic rings. The molecule has 2 rings (SSSR count). The van der Waals surface area contributed by atoms with Gasteiger partial charge in [0.15, 0.2) is 0 Å². The molecule has 5 heteroatoms. The number of carbonyl (C=O) groups excluding carboxylic acids is 2. The summed E-state index contributed by atoms with van der Waals surface area (Å²) in [6, 6.07) is 8.03. The van der Waals surface area contributed by atoms with Crippen molar-refractivity contribution in [3.63, 3.8) is 0 Å². The monoisotopic (exact) mass is 346 g/mol. The molecule has 0 spiro atoms. The minimum atomic E-state index is -0.274. The summed E-state index contributed by atoms with van der Waals surface area (Å²) in [7, 11) is 0. The molecule has 1 N–H and O–H groups in total. The Morgan fingerprint density at radius 3 is 2.84 bits per heavy atom. The molecule has 0 aromatic heterocycles. The minimum Gasteiger partial charge on any atom is -0.382 e. The summed E-state index contributed by atoms with van der Waals surface area (Å²) in [4.78, 5) is 26.6. The van der Waals surface area contributed by atoms with Crippen molar-refractivity contribution in [3.8, 4) is 0 Å². The standard InChI is InChI=1S/C20H30N2O3/c1-4-15(3)17-9-6-7-10-18(17)22-14-16(13-19(22)23)20(24)21-11-8-12-25-5-2/h6-7,9-10,15-16H,4-5,8,11-14H2,1-3H3,(H,21,24). The summed E-state index contributed by atoms with van der Waals surface area (Å²) in [5.74, 6) is 0.110. The fourth-order valence-corrected chi connectivity index (χ4v) is 3.16. The molecular weight excluding hydrogens is 316 g/mol. The van der Waals surface area contributed by atoms with Crippen molar-refractivity contribution in [1.29, 1.82) is 0 Å². The van der Waals surface area contributed by atoms with E-state index in [4.69, 9.17) is 4.74 Å². The lowest BCUT2D eigenvalue weighted by Gasteiger charge is -2.23.